The van der Waals surface area contributed by atoms with Crippen LogP contribution in [0.15, 0.2) is 29.2 Å². The van der Waals surface area contributed by atoms with Gasteiger partial charge >= 0.3 is 0 Å². The maximum absolute atomic E-state index is 11.5. The zero-order chi connectivity index (χ0) is 11.5. The highest BCUT2D eigenvalue weighted by molar-refractivity contribution is 7.86. The molecule has 1 aromatic rings. The van der Waals surface area contributed by atoms with Crippen molar-refractivity contribution in [2.45, 2.75) is 24.8 Å². The molecule has 0 aromatic heterocycles. The normalized spacial score (nSPS) is 13.5. The van der Waals surface area contributed by atoms with Crippen LogP contribution in [0.2, 0.25) is 0 Å². The minimum absolute atomic E-state index is 0.0572. The van der Waals surface area contributed by atoms with E-state index < -0.39 is 16.2 Å². The van der Waals surface area contributed by atoms with E-state index in [-0.39, 0.29) is 4.90 Å². The monoisotopic (exact) mass is 228 g/mol. The SMILES string of the molecule is Cc1ccc(S(=O)(=O)O[C@H](C)C=O)cc1. The topological polar surface area (TPSA) is 60.4 Å². The Morgan fingerprint density at radius 1 is 1.27 bits per heavy atom. The Morgan fingerprint density at radius 3 is 2.27 bits per heavy atom. The Bertz CT molecular complexity index is 433. The van der Waals surface area contributed by atoms with Gasteiger partial charge < -0.3 is 4.79 Å². The fraction of sp³-hybridized carbons (Fsp3) is 0.300. The van der Waals surface area contributed by atoms with Crippen molar-refractivity contribution in [3.63, 3.8) is 0 Å². The summed E-state index contributed by atoms with van der Waals surface area (Å²) in [5, 5.41) is 0. The van der Waals surface area contributed by atoms with Gasteiger partial charge in [0.1, 0.15) is 12.4 Å². The van der Waals surface area contributed by atoms with Crippen molar-refractivity contribution in [1.82, 2.24) is 0 Å². The molecule has 1 rings (SSSR count). The van der Waals surface area contributed by atoms with Crippen LogP contribution in [0.3, 0.4) is 0 Å². The summed E-state index contributed by atoms with van der Waals surface area (Å²) in [5.41, 5.74) is 0.956. The summed E-state index contributed by atoms with van der Waals surface area (Å²) in [6.45, 7) is 3.23. The van der Waals surface area contributed by atoms with Gasteiger partial charge in [-0.05, 0) is 26.0 Å². The Hall–Kier alpha value is -1.20. The van der Waals surface area contributed by atoms with Crippen molar-refractivity contribution in [3.8, 4) is 0 Å². The largest absolute Gasteiger partial charge is 0.300 e. The van der Waals surface area contributed by atoms with Crippen LogP contribution in [-0.2, 0) is 19.1 Å². The Labute approximate surface area is 89.0 Å². The van der Waals surface area contributed by atoms with E-state index in [1.807, 2.05) is 6.92 Å². The number of aryl methyl sites for hydroxylation is 1. The smallest absolute Gasteiger partial charge is 0.297 e. The van der Waals surface area contributed by atoms with Gasteiger partial charge in [-0.15, -0.1) is 0 Å². The predicted molar refractivity (Wildman–Crippen MR) is 55.0 cm³/mol. The van der Waals surface area contributed by atoms with Crippen molar-refractivity contribution < 1.29 is 17.4 Å². The number of rotatable bonds is 4. The molecule has 0 spiro atoms. The van der Waals surface area contributed by atoms with E-state index in [9.17, 15) is 13.2 Å². The third-order valence-corrected chi connectivity index (χ3v) is 3.19. The van der Waals surface area contributed by atoms with Crippen LogP contribution >= 0.6 is 0 Å². The van der Waals surface area contributed by atoms with Crippen LogP contribution in [0.1, 0.15) is 12.5 Å². The molecule has 0 saturated carbocycles. The standard InChI is InChI=1S/C10H12O4S/c1-8-3-5-10(6-4-8)15(12,13)14-9(2)7-11/h3-7,9H,1-2H3/t9-/m1/s1. The van der Waals surface area contributed by atoms with Crippen molar-refractivity contribution in [2.24, 2.45) is 0 Å². The average molecular weight is 228 g/mol. The molecule has 1 atom stereocenters. The average Bonchev–Trinajstić information content (AvgIpc) is 2.17. The van der Waals surface area contributed by atoms with Gasteiger partial charge in [0.05, 0.1) is 4.90 Å². The lowest BCUT2D eigenvalue weighted by molar-refractivity contribution is -0.112. The first-order chi connectivity index (χ1) is 6.95. The van der Waals surface area contributed by atoms with E-state index in [1.54, 1.807) is 12.1 Å². The van der Waals surface area contributed by atoms with Crippen molar-refractivity contribution >= 4 is 16.4 Å². The summed E-state index contributed by atoms with van der Waals surface area (Å²) in [6.07, 6.45) is -0.526. The van der Waals surface area contributed by atoms with E-state index in [1.165, 1.54) is 19.1 Å². The molecule has 15 heavy (non-hydrogen) atoms. The van der Waals surface area contributed by atoms with Crippen molar-refractivity contribution in [3.05, 3.63) is 29.8 Å². The van der Waals surface area contributed by atoms with Gasteiger partial charge in [0.15, 0.2) is 0 Å². The molecule has 82 valence electrons. The highest BCUT2D eigenvalue weighted by Gasteiger charge is 2.18. The molecule has 4 nitrogen and oxygen atoms in total. The Kier molecular flexibility index (Phi) is 3.60. The molecule has 0 aliphatic carbocycles. The van der Waals surface area contributed by atoms with Gasteiger partial charge in [0.25, 0.3) is 10.1 Å². The summed E-state index contributed by atoms with van der Waals surface area (Å²) in [6, 6.07) is 6.23. The molecule has 0 heterocycles. The summed E-state index contributed by atoms with van der Waals surface area (Å²) in [4.78, 5) is 10.3. The summed E-state index contributed by atoms with van der Waals surface area (Å²) < 4.78 is 27.7. The Morgan fingerprint density at radius 2 is 1.80 bits per heavy atom. The fourth-order valence-electron chi connectivity index (χ4n) is 0.983. The number of carbonyl (C=O) groups excluding carboxylic acids is 1. The van der Waals surface area contributed by atoms with Crippen LogP contribution in [0.5, 0.6) is 0 Å². The number of benzene rings is 1. The van der Waals surface area contributed by atoms with Crippen LogP contribution in [0, 0.1) is 6.92 Å². The number of hydrogen-bond donors (Lipinski definition) is 0. The van der Waals surface area contributed by atoms with E-state index in [2.05, 4.69) is 4.18 Å². The van der Waals surface area contributed by atoms with E-state index in [0.29, 0.717) is 6.29 Å². The first-order valence-corrected chi connectivity index (χ1v) is 5.82. The fourth-order valence-corrected chi connectivity index (χ4v) is 2.01. The molecule has 0 aliphatic rings. The van der Waals surface area contributed by atoms with Gasteiger partial charge in [-0.3, -0.25) is 4.18 Å². The van der Waals surface area contributed by atoms with Gasteiger partial charge in [-0.2, -0.15) is 8.42 Å². The summed E-state index contributed by atoms with van der Waals surface area (Å²) >= 11 is 0. The lowest BCUT2D eigenvalue weighted by Gasteiger charge is -2.07. The predicted octanol–water partition coefficient (Wildman–Crippen LogP) is 1.29. The van der Waals surface area contributed by atoms with Crippen LogP contribution in [-0.4, -0.2) is 20.8 Å². The van der Waals surface area contributed by atoms with Gasteiger partial charge in [-0.1, -0.05) is 17.7 Å². The third kappa shape index (κ3) is 3.14. The Balaban J connectivity index is 2.96. The molecule has 0 fully saturated rings. The zero-order valence-corrected chi connectivity index (χ0v) is 9.32. The zero-order valence-electron chi connectivity index (χ0n) is 8.51. The second kappa shape index (κ2) is 4.55. The minimum atomic E-state index is -3.82. The highest BCUT2D eigenvalue weighted by Crippen LogP contribution is 2.14. The third-order valence-electron chi connectivity index (χ3n) is 1.78. The van der Waals surface area contributed by atoms with E-state index >= 15 is 0 Å². The molecule has 0 bridgehead atoms. The summed E-state index contributed by atoms with van der Waals surface area (Å²) in [7, 11) is -3.82. The summed E-state index contributed by atoms with van der Waals surface area (Å²) in [5.74, 6) is 0. The second-order valence-electron chi connectivity index (χ2n) is 3.20. The van der Waals surface area contributed by atoms with Crippen LogP contribution in [0.4, 0.5) is 0 Å². The van der Waals surface area contributed by atoms with Crippen molar-refractivity contribution in [2.75, 3.05) is 0 Å². The lowest BCUT2D eigenvalue weighted by Crippen LogP contribution is -2.16. The molecular formula is C10H12O4S. The second-order valence-corrected chi connectivity index (χ2v) is 4.78. The molecule has 0 unspecified atom stereocenters. The quantitative estimate of drug-likeness (QED) is 0.575. The molecular weight excluding hydrogens is 216 g/mol. The minimum Gasteiger partial charge on any atom is -0.300 e. The van der Waals surface area contributed by atoms with Crippen molar-refractivity contribution in [1.29, 1.82) is 0 Å². The van der Waals surface area contributed by atoms with Gasteiger partial charge in [0.2, 0.25) is 0 Å². The molecule has 0 amide bonds. The van der Waals surface area contributed by atoms with Gasteiger partial charge in [-0.25, -0.2) is 0 Å². The maximum Gasteiger partial charge on any atom is 0.297 e. The first-order valence-electron chi connectivity index (χ1n) is 4.41. The molecule has 0 aliphatic heterocycles. The number of aldehydes is 1. The first kappa shape index (κ1) is 11.9. The molecule has 0 saturated heterocycles. The maximum atomic E-state index is 11.5. The van der Waals surface area contributed by atoms with E-state index in [4.69, 9.17) is 0 Å². The highest BCUT2D eigenvalue weighted by atomic mass is 32.2. The van der Waals surface area contributed by atoms with Crippen LogP contribution < -0.4 is 0 Å². The van der Waals surface area contributed by atoms with Gasteiger partial charge in [0, 0.05) is 0 Å². The molecule has 0 N–H and O–H groups in total. The number of carbonyl (C=O) groups is 1. The molecule has 5 heteroatoms. The molecule has 0 radical (unpaired) electrons. The van der Waals surface area contributed by atoms with E-state index in [0.717, 1.165) is 5.56 Å². The molecule has 1 aromatic carbocycles. The van der Waals surface area contributed by atoms with Crippen LogP contribution in [0.25, 0.3) is 0 Å². The lowest BCUT2D eigenvalue weighted by atomic mass is 10.2. The number of hydrogen-bond acceptors (Lipinski definition) is 4.